The van der Waals surface area contributed by atoms with Crippen molar-refractivity contribution < 1.29 is 19.8 Å². The van der Waals surface area contributed by atoms with Gasteiger partial charge in [0.05, 0.1) is 5.41 Å². The van der Waals surface area contributed by atoms with E-state index in [2.05, 4.69) is 13.8 Å². The van der Waals surface area contributed by atoms with Crippen LogP contribution in [0, 0.1) is 5.41 Å². The van der Waals surface area contributed by atoms with Gasteiger partial charge in [0.15, 0.2) is 0 Å². The normalized spacial score (nSPS) is 11.7. The third kappa shape index (κ3) is 20.8. The molecule has 0 amide bonds. The molecule has 0 aromatic heterocycles. The van der Waals surface area contributed by atoms with Gasteiger partial charge in [0, 0.05) is 6.42 Å². The summed E-state index contributed by atoms with van der Waals surface area (Å²) >= 11 is 0. The fraction of sp³-hybridized carbons (Fsp3) is 0.935. The maximum absolute atomic E-state index is 12.3. The van der Waals surface area contributed by atoms with Gasteiger partial charge in [-0.2, -0.15) is 0 Å². The fourth-order valence-corrected chi connectivity index (χ4v) is 5.30. The molecule has 208 valence electrons. The molecule has 0 aliphatic rings. The smallest absolute Gasteiger partial charge is 0.309 e. The molecule has 0 atom stereocenters. The molecule has 4 nitrogen and oxygen atoms in total. The Morgan fingerprint density at radius 1 is 0.457 bits per heavy atom. The third-order valence-electron chi connectivity index (χ3n) is 7.79. The van der Waals surface area contributed by atoms with Crippen molar-refractivity contribution in [2.24, 2.45) is 5.41 Å². The highest BCUT2D eigenvalue weighted by molar-refractivity contribution is 5.76. The number of carboxylic acids is 2. The van der Waals surface area contributed by atoms with Gasteiger partial charge in [-0.3, -0.25) is 9.59 Å². The Labute approximate surface area is 218 Å². The average Bonchev–Trinajstić information content (AvgIpc) is 2.83. The Kier molecular flexibility index (Phi) is 23.9. The molecule has 0 aromatic carbocycles. The summed E-state index contributed by atoms with van der Waals surface area (Å²) in [5.74, 6) is -1.66. The van der Waals surface area contributed by atoms with E-state index in [1.165, 1.54) is 116 Å². The highest BCUT2D eigenvalue weighted by Crippen LogP contribution is 2.37. The number of carboxylic acid groups (broad SMARTS) is 2. The summed E-state index contributed by atoms with van der Waals surface area (Å²) in [6, 6.07) is 0. The van der Waals surface area contributed by atoms with Crippen LogP contribution in [-0.4, -0.2) is 22.2 Å². The second-order valence-corrected chi connectivity index (χ2v) is 11.1. The lowest BCUT2D eigenvalue weighted by Gasteiger charge is -2.29. The molecule has 2 N–H and O–H groups in total. The maximum Gasteiger partial charge on any atom is 0.309 e. The predicted molar refractivity (Wildman–Crippen MR) is 149 cm³/mol. The summed E-state index contributed by atoms with van der Waals surface area (Å²) in [5, 5.41) is 19.3. The minimum atomic E-state index is -0.881. The van der Waals surface area contributed by atoms with Crippen LogP contribution in [-0.2, 0) is 9.59 Å². The minimum absolute atomic E-state index is 0.0393. The number of hydrogen-bond donors (Lipinski definition) is 2. The summed E-state index contributed by atoms with van der Waals surface area (Å²) < 4.78 is 0. The van der Waals surface area contributed by atoms with Crippen LogP contribution < -0.4 is 0 Å². The summed E-state index contributed by atoms with van der Waals surface area (Å²) in [6.07, 6.45) is 28.9. The van der Waals surface area contributed by atoms with E-state index in [0.717, 1.165) is 25.7 Å². The van der Waals surface area contributed by atoms with Crippen LogP contribution in [0.4, 0.5) is 0 Å². The first-order valence-electron chi connectivity index (χ1n) is 15.4. The van der Waals surface area contributed by atoms with E-state index in [1.54, 1.807) is 0 Å². The first-order chi connectivity index (χ1) is 17.0. The Bertz CT molecular complexity index is 462. The zero-order valence-corrected chi connectivity index (χ0v) is 23.6. The Morgan fingerprint density at radius 3 is 1.00 bits per heavy atom. The standard InChI is InChI=1S/C31H60O4/c1-3-5-7-9-11-13-15-17-19-21-23-26-31(30(34)35,28-25-29(32)33)27-24-22-20-18-16-14-12-10-8-6-4-2/h3-28H2,1-2H3,(H,32,33)(H,34,35). The molecule has 0 bridgehead atoms. The molecular weight excluding hydrogens is 436 g/mol. The van der Waals surface area contributed by atoms with Crippen molar-refractivity contribution in [2.75, 3.05) is 0 Å². The van der Waals surface area contributed by atoms with Crippen LogP contribution >= 0.6 is 0 Å². The zero-order chi connectivity index (χ0) is 26.0. The van der Waals surface area contributed by atoms with E-state index in [0.29, 0.717) is 12.8 Å². The summed E-state index contributed by atoms with van der Waals surface area (Å²) in [4.78, 5) is 23.5. The first-order valence-corrected chi connectivity index (χ1v) is 15.4. The molecule has 0 saturated carbocycles. The van der Waals surface area contributed by atoms with Crippen LogP contribution in [0.15, 0.2) is 0 Å². The van der Waals surface area contributed by atoms with Crippen LogP contribution in [0.2, 0.25) is 0 Å². The van der Waals surface area contributed by atoms with Crippen LogP contribution in [0.1, 0.15) is 181 Å². The summed E-state index contributed by atoms with van der Waals surface area (Å²) in [6.45, 7) is 4.50. The topological polar surface area (TPSA) is 74.6 Å². The molecule has 0 unspecified atom stereocenters. The van der Waals surface area contributed by atoms with Crippen molar-refractivity contribution in [2.45, 2.75) is 181 Å². The monoisotopic (exact) mass is 496 g/mol. The van der Waals surface area contributed by atoms with E-state index >= 15 is 0 Å². The molecule has 0 aliphatic heterocycles. The number of rotatable bonds is 28. The van der Waals surface area contributed by atoms with Gasteiger partial charge >= 0.3 is 11.9 Å². The van der Waals surface area contributed by atoms with Crippen molar-refractivity contribution in [3.63, 3.8) is 0 Å². The second kappa shape index (κ2) is 24.6. The van der Waals surface area contributed by atoms with Gasteiger partial charge in [-0.05, 0) is 19.3 Å². The molecular formula is C31H60O4. The highest BCUT2D eigenvalue weighted by Gasteiger charge is 2.37. The van der Waals surface area contributed by atoms with E-state index < -0.39 is 17.4 Å². The van der Waals surface area contributed by atoms with Gasteiger partial charge in [0.2, 0.25) is 0 Å². The molecule has 0 heterocycles. The molecule has 0 saturated heterocycles. The van der Waals surface area contributed by atoms with Crippen LogP contribution in [0.3, 0.4) is 0 Å². The largest absolute Gasteiger partial charge is 0.481 e. The van der Waals surface area contributed by atoms with Gasteiger partial charge in [-0.25, -0.2) is 0 Å². The number of unbranched alkanes of at least 4 members (excludes halogenated alkanes) is 20. The zero-order valence-electron chi connectivity index (χ0n) is 23.6. The van der Waals surface area contributed by atoms with E-state index in [-0.39, 0.29) is 12.8 Å². The molecule has 0 spiro atoms. The Morgan fingerprint density at radius 2 is 0.743 bits per heavy atom. The third-order valence-corrected chi connectivity index (χ3v) is 7.79. The minimum Gasteiger partial charge on any atom is -0.481 e. The highest BCUT2D eigenvalue weighted by atomic mass is 16.4. The lowest BCUT2D eigenvalue weighted by molar-refractivity contribution is -0.151. The van der Waals surface area contributed by atoms with Crippen molar-refractivity contribution in [3.05, 3.63) is 0 Å². The fourth-order valence-electron chi connectivity index (χ4n) is 5.30. The van der Waals surface area contributed by atoms with Crippen molar-refractivity contribution >= 4 is 11.9 Å². The average molecular weight is 497 g/mol. The second-order valence-electron chi connectivity index (χ2n) is 11.1. The maximum atomic E-state index is 12.3. The number of aliphatic carboxylic acids is 2. The van der Waals surface area contributed by atoms with Crippen molar-refractivity contribution in [1.29, 1.82) is 0 Å². The molecule has 0 fully saturated rings. The lowest BCUT2D eigenvalue weighted by Crippen LogP contribution is -2.32. The molecule has 4 heteroatoms. The number of hydrogen-bond acceptors (Lipinski definition) is 2. The van der Waals surface area contributed by atoms with E-state index in [1.807, 2.05) is 0 Å². The van der Waals surface area contributed by atoms with Gasteiger partial charge in [-0.1, -0.05) is 155 Å². The van der Waals surface area contributed by atoms with Crippen LogP contribution in [0.25, 0.3) is 0 Å². The predicted octanol–water partition coefficient (Wildman–Crippen LogP) is 10.3. The SMILES string of the molecule is CCCCCCCCCCCCCC(CCCCCCCCCCCCC)(CCC(=O)O)C(=O)O. The van der Waals surface area contributed by atoms with Gasteiger partial charge in [0.25, 0.3) is 0 Å². The first kappa shape index (κ1) is 33.9. The van der Waals surface area contributed by atoms with E-state index in [9.17, 15) is 19.8 Å². The van der Waals surface area contributed by atoms with Crippen molar-refractivity contribution in [1.82, 2.24) is 0 Å². The molecule has 0 aliphatic carbocycles. The number of carbonyl (C=O) groups is 2. The lowest BCUT2D eigenvalue weighted by atomic mass is 9.74. The van der Waals surface area contributed by atoms with E-state index in [4.69, 9.17) is 0 Å². The van der Waals surface area contributed by atoms with Crippen LogP contribution in [0.5, 0.6) is 0 Å². The van der Waals surface area contributed by atoms with Gasteiger partial charge in [0.1, 0.15) is 0 Å². The Balaban J connectivity index is 4.16. The van der Waals surface area contributed by atoms with Gasteiger partial charge in [-0.15, -0.1) is 0 Å². The molecule has 0 rings (SSSR count). The quantitative estimate of drug-likeness (QED) is 0.106. The molecule has 35 heavy (non-hydrogen) atoms. The summed E-state index contributed by atoms with van der Waals surface area (Å²) in [7, 11) is 0. The van der Waals surface area contributed by atoms with Gasteiger partial charge < -0.3 is 10.2 Å². The molecule has 0 radical (unpaired) electrons. The molecule has 0 aromatic rings. The summed E-state index contributed by atoms with van der Waals surface area (Å²) in [5.41, 5.74) is -0.850. The van der Waals surface area contributed by atoms with Crippen molar-refractivity contribution in [3.8, 4) is 0 Å². The Hall–Kier alpha value is -1.06.